The molecule has 0 bridgehead atoms. The number of amides is 1. The van der Waals surface area contributed by atoms with Crippen molar-refractivity contribution in [3.05, 3.63) is 42.2 Å². The lowest BCUT2D eigenvalue weighted by molar-refractivity contribution is -0.139. The molecule has 1 aromatic carbocycles. The Balaban J connectivity index is 1.35. The average Bonchev–Trinajstić information content (AvgIpc) is 3.29. The number of hydrogen-bond donors (Lipinski definition) is 2. The molecule has 2 N–H and O–H groups in total. The third-order valence-electron chi connectivity index (χ3n) is 5.38. The smallest absolute Gasteiger partial charge is 0.317 e. The Hall–Kier alpha value is -2.74. The standard InChI is InChI=1S/C20H22FN3O4/c21-14-5-3-13(4-6-14)19-18(22-11-28-19)20(27)23-15-7-16(8-15)24(10-17(25)26)9-12-1-2-12/h3-6,11-12,15-16H,1-2,7-10H2,(H,23,27)(H,25,26). The number of hydrogen-bond acceptors (Lipinski definition) is 5. The summed E-state index contributed by atoms with van der Waals surface area (Å²) in [5.41, 5.74) is 0.739. The molecule has 0 saturated heterocycles. The summed E-state index contributed by atoms with van der Waals surface area (Å²) in [6.45, 7) is 0.857. The highest BCUT2D eigenvalue weighted by atomic mass is 19.1. The van der Waals surface area contributed by atoms with E-state index in [1.165, 1.54) is 43.5 Å². The fourth-order valence-electron chi connectivity index (χ4n) is 3.62. The van der Waals surface area contributed by atoms with E-state index in [0.717, 1.165) is 19.4 Å². The first-order valence-electron chi connectivity index (χ1n) is 9.45. The van der Waals surface area contributed by atoms with Crippen molar-refractivity contribution in [1.29, 1.82) is 0 Å². The van der Waals surface area contributed by atoms with Crippen LogP contribution in [0.5, 0.6) is 0 Å². The molecule has 2 aliphatic carbocycles. The van der Waals surface area contributed by atoms with Crippen LogP contribution in [0.1, 0.15) is 36.2 Å². The van der Waals surface area contributed by atoms with Crippen molar-refractivity contribution in [3.63, 3.8) is 0 Å². The van der Waals surface area contributed by atoms with Gasteiger partial charge >= 0.3 is 5.97 Å². The second-order valence-electron chi connectivity index (χ2n) is 7.60. The van der Waals surface area contributed by atoms with Crippen molar-refractivity contribution in [2.45, 2.75) is 37.8 Å². The van der Waals surface area contributed by atoms with Gasteiger partial charge in [0, 0.05) is 24.2 Å². The van der Waals surface area contributed by atoms with Crippen molar-refractivity contribution >= 4 is 11.9 Å². The Bertz CT molecular complexity index is 857. The first-order chi connectivity index (χ1) is 13.5. The Morgan fingerprint density at radius 2 is 1.96 bits per heavy atom. The molecule has 7 nitrogen and oxygen atoms in total. The highest BCUT2D eigenvalue weighted by Crippen LogP contribution is 2.34. The second kappa shape index (κ2) is 7.71. The summed E-state index contributed by atoms with van der Waals surface area (Å²) in [6, 6.07) is 5.82. The number of nitrogens with one attached hydrogen (secondary N) is 1. The van der Waals surface area contributed by atoms with Gasteiger partial charge in [-0.2, -0.15) is 0 Å². The topological polar surface area (TPSA) is 95.7 Å². The number of carboxylic acid groups (broad SMARTS) is 1. The van der Waals surface area contributed by atoms with Gasteiger partial charge in [-0.1, -0.05) is 0 Å². The van der Waals surface area contributed by atoms with E-state index < -0.39 is 5.97 Å². The van der Waals surface area contributed by atoms with Crippen molar-refractivity contribution in [1.82, 2.24) is 15.2 Å². The third-order valence-corrected chi connectivity index (χ3v) is 5.38. The molecular weight excluding hydrogens is 365 g/mol. The molecule has 1 heterocycles. The van der Waals surface area contributed by atoms with Crippen molar-refractivity contribution < 1.29 is 23.5 Å². The van der Waals surface area contributed by atoms with Crippen molar-refractivity contribution in [2.24, 2.45) is 5.92 Å². The highest BCUT2D eigenvalue weighted by molar-refractivity contribution is 5.97. The van der Waals surface area contributed by atoms with Gasteiger partial charge in [-0.3, -0.25) is 14.5 Å². The van der Waals surface area contributed by atoms with Crippen LogP contribution >= 0.6 is 0 Å². The molecule has 148 valence electrons. The van der Waals surface area contributed by atoms with Crippen LogP contribution in [0.15, 0.2) is 35.1 Å². The van der Waals surface area contributed by atoms with Gasteiger partial charge in [0.05, 0.1) is 6.54 Å². The van der Waals surface area contributed by atoms with Gasteiger partial charge in [0.2, 0.25) is 0 Å². The number of rotatable bonds is 8. The summed E-state index contributed by atoms with van der Waals surface area (Å²) >= 11 is 0. The monoisotopic (exact) mass is 387 g/mol. The van der Waals surface area contributed by atoms with Crippen LogP contribution in [0.4, 0.5) is 4.39 Å². The predicted molar refractivity (Wildman–Crippen MR) is 98.1 cm³/mol. The Morgan fingerprint density at radius 3 is 2.61 bits per heavy atom. The van der Waals surface area contributed by atoms with Crippen LogP contribution < -0.4 is 5.32 Å². The second-order valence-corrected chi connectivity index (χ2v) is 7.60. The van der Waals surface area contributed by atoms with E-state index in [-0.39, 0.29) is 36.0 Å². The fourth-order valence-corrected chi connectivity index (χ4v) is 3.62. The molecule has 0 aliphatic heterocycles. The van der Waals surface area contributed by atoms with E-state index in [2.05, 4.69) is 10.3 Å². The number of carboxylic acids is 1. The van der Waals surface area contributed by atoms with Gasteiger partial charge in [-0.05, 0) is 55.9 Å². The van der Waals surface area contributed by atoms with Gasteiger partial charge in [-0.25, -0.2) is 9.37 Å². The van der Waals surface area contributed by atoms with Gasteiger partial charge in [-0.15, -0.1) is 0 Å². The molecule has 2 aliphatic rings. The summed E-state index contributed by atoms with van der Waals surface area (Å²) in [6.07, 6.45) is 4.97. The molecule has 2 fully saturated rings. The molecule has 0 unspecified atom stereocenters. The number of carbonyl (C=O) groups excluding carboxylic acids is 1. The Morgan fingerprint density at radius 1 is 1.25 bits per heavy atom. The first-order valence-corrected chi connectivity index (χ1v) is 9.45. The normalized spacial score (nSPS) is 21.4. The summed E-state index contributed by atoms with van der Waals surface area (Å²) < 4.78 is 18.4. The zero-order valence-electron chi connectivity index (χ0n) is 15.3. The SMILES string of the molecule is O=C(O)CN(CC1CC1)C1CC(NC(=O)c2ncoc2-c2ccc(F)cc2)C1. The van der Waals surface area contributed by atoms with Crippen molar-refractivity contribution in [3.8, 4) is 11.3 Å². The lowest BCUT2D eigenvalue weighted by Gasteiger charge is -2.42. The first kappa shape index (κ1) is 18.6. The molecule has 0 radical (unpaired) electrons. The van der Waals surface area contributed by atoms with E-state index in [0.29, 0.717) is 17.2 Å². The number of aromatic nitrogens is 1. The molecule has 0 spiro atoms. The summed E-state index contributed by atoms with van der Waals surface area (Å²) in [5, 5.41) is 12.1. The maximum atomic E-state index is 13.1. The fraction of sp³-hybridized carbons (Fsp3) is 0.450. The van der Waals surface area contributed by atoms with Gasteiger partial charge in [0.25, 0.3) is 5.91 Å². The lowest BCUT2D eigenvalue weighted by Crippen LogP contribution is -2.55. The zero-order valence-corrected chi connectivity index (χ0v) is 15.3. The number of carbonyl (C=O) groups is 2. The van der Waals surface area contributed by atoms with Gasteiger partial charge < -0.3 is 14.8 Å². The number of benzene rings is 1. The summed E-state index contributed by atoms with van der Waals surface area (Å²) in [4.78, 5) is 29.7. The van der Waals surface area contributed by atoms with E-state index in [9.17, 15) is 14.0 Å². The number of aliphatic carboxylic acids is 1. The summed E-state index contributed by atoms with van der Waals surface area (Å²) in [5.74, 6) is -0.619. The van der Waals surface area contributed by atoms with Crippen LogP contribution in [-0.2, 0) is 4.79 Å². The van der Waals surface area contributed by atoms with E-state index in [4.69, 9.17) is 9.52 Å². The number of nitrogens with zero attached hydrogens (tertiary/aromatic N) is 2. The van der Waals surface area contributed by atoms with E-state index >= 15 is 0 Å². The van der Waals surface area contributed by atoms with Gasteiger partial charge in [0.15, 0.2) is 17.8 Å². The Kier molecular flexibility index (Phi) is 5.13. The minimum Gasteiger partial charge on any atom is -0.480 e. The van der Waals surface area contributed by atoms with E-state index in [1.807, 2.05) is 4.90 Å². The molecule has 1 amide bonds. The molecule has 0 atom stereocenters. The van der Waals surface area contributed by atoms with Crippen LogP contribution in [-0.4, -0.2) is 52.0 Å². The lowest BCUT2D eigenvalue weighted by atomic mass is 9.85. The molecule has 28 heavy (non-hydrogen) atoms. The summed E-state index contributed by atoms with van der Waals surface area (Å²) in [7, 11) is 0. The zero-order chi connectivity index (χ0) is 19.7. The number of oxazole rings is 1. The molecule has 4 rings (SSSR count). The quantitative estimate of drug-likeness (QED) is 0.723. The molecule has 1 aromatic heterocycles. The minimum absolute atomic E-state index is 0.0224. The molecule has 2 aromatic rings. The van der Waals surface area contributed by atoms with Crippen molar-refractivity contribution in [2.75, 3.05) is 13.1 Å². The third kappa shape index (κ3) is 4.22. The van der Waals surface area contributed by atoms with Gasteiger partial charge in [0.1, 0.15) is 5.82 Å². The Labute approximate surface area is 161 Å². The molecule has 2 saturated carbocycles. The maximum Gasteiger partial charge on any atom is 0.317 e. The van der Waals surface area contributed by atoms with Crippen LogP contribution in [0.3, 0.4) is 0 Å². The maximum absolute atomic E-state index is 13.1. The van der Waals surface area contributed by atoms with Crippen LogP contribution in [0.25, 0.3) is 11.3 Å². The average molecular weight is 387 g/mol. The molecule has 8 heteroatoms. The number of halogens is 1. The largest absolute Gasteiger partial charge is 0.480 e. The predicted octanol–water partition coefficient (Wildman–Crippen LogP) is 2.54. The van der Waals surface area contributed by atoms with Crippen LogP contribution in [0, 0.1) is 11.7 Å². The van der Waals surface area contributed by atoms with Crippen LogP contribution in [0.2, 0.25) is 0 Å². The van der Waals surface area contributed by atoms with E-state index in [1.54, 1.807) is 0 Å². The minimum atomic E-state index is -0.820. The highest BCUT2D eigenvalue weighted by Gasteiger charge is 2.38. The molecular formula is C20H22FN3O4.